The molecule has 2 aromatic carbocycles. The predicted octanol–water partition coefficient (Wildman–Crippen LogP) is 4.74. The number of carbonyl (C=O) groups is 1. The van der Waals surface area contributed by atoms with Crippen LogP contribution in [-0.4, -0.2) is 20.7 Å². The van der Waals surface area contributed by atoms with Crippen LogP contribution in [0.25, 0.3) is 10.1 Å². The van der Waals surface area contributed by atoms with E-state index in [0.717, 1.165) is 36.3 Å². The van der Waals surface area contributed by atoms with Crippen molar-refractivity contribution < 1.29 is 4.79 Å². The van der Waals surface area contributed by atoms with Crippen LogP contribution in [0.1, 0.15) is 15.2 Å². The average Bonchev–Trinajstić information content (AvgIpc) is 3.20. The highest BCUT2D eigenvalue weighted by Crippen LogP contribution is 2.31. The topological polar surface area (TPSA) is 59.8 Å². The monoisotopic (exact) mass is 380 g/mol. The SMILES string of the molecule is Cc1c(C(=O)Nc2ccc(Sc3nncn3C)cc2)sc2ccccc12. The van der Waals surface area contributed by atoms with Gasteiger partial charge in [0, 0.05) is 22.3 Å². The fraction of sp³-hybridized carbons (Fsp3) is 0.105. The molecule has 0 spiro atoms. The molecule has 0 aliphatic rings. The molecule has 130 valence electrons. The van der Waals surface area contributed by atoms with E-state index in [4.69, 9.17) is 0 Å². The number of fused-ring (bicyclic) bond motifs is 1. The molecule has 0 bridgehead atoms. The van der Waals surface area contributed by atoms with Gasteiger partial charge in [0.15, 0.2) is 5.16 Å². The number of hydrogen-bond donors (Lipinski definition) is 1. The molecule has 0 unspecified atom stereocenters. The lowest BCUT2D eigenvalue weighted by Gasteiger charge is -2.06. The van der Waals surface area contributed by atoms with E-state index < -0.39 is 0 Å². The van der Waals surface area contributed by atoms with Crippen LogP contribution in [-0.2, 0) is 7.05 Å². The number of aryl methyl sites for hydroxylation is 2. The molecule has 0 saturated heterocycles. The van der Waals surface area contributed by atoms with Crippen molar-refractivity contribution >= 4 is 44.8 Å². The number of aromatic nitrogens is 3. The molecule has 5 nitrogen and oxygen atoms in total. The van der Waals surface area contributed by atoms with Gasteiger partial charge in [0.1, 0.15) is 6.33 Å². The highest BCUT2D eigenvalue weighted by Gasteiger charge is 2.15. The van der Waals surface area contributed by atoms with Gasteiger partial charge in [-0.15, -0.1) is 21.5 Å². The van der Waals surface area contributed by atoms with Crippen molar-refractivity contribution in [3.8, 4) is 0 Å². The Hall–Kier alpha value is -2.64. The number of amides is 1. The Morgan fingerprint density at radius 2 is 1.92 bits per heavy atom. The maximum Gasteiger partial charge on any atom is 0.266 e. The van der Waals surface area contributed by atoms with Crippen molar-refractivity contribution in [2.24, 2.45) is 7.05 Å². The highest BCUT2D eigenvalue weighted by atomic mass is 32.2. The maximum absolute atomic E-state index is 12.7. The van der Waals surface area contributed by atoms with Gasteiger partial charge in [-0.05, 0) is 60.0 Å². The quantitative estimate of drug-likeness (QED) is 0.555. The lowest BCUT2D eigenvalue weighted by molar-refractivity contribution is 0.103. The van der Waals surface area contributed by atoms with Gasteiger partial charge < -0.3 is 9.88 Å². The third kappa shape index (κ3) is 3.23. The van der Waals surface area contributed by atoms with E-state index in [1.807, 2.05) is 61.0 Å². The van der Waals surface area contributed by atoms with E-state index in [2.05, 4.69) is 21.6 Å². The molecular weight excluding hydrogens is 364 g/mol. The zero-order chi connectivity index (χ0) is 18.1. The van der Waals surface area contributed by atoms with Crippen molar-refractivity contribution in [1.29, 1.82) is 0 Å². The predicted molar refractivity (Wildman–Crippen MR) is 106 cm³/mol. The Balaban J connectivity index is 1.50. The van der Waals surface area contributed by atoms with Gasteiger partial charge in [-0.25, -0.2) is 0 Å². The summed E-state index contributed by atoms with van der Waals surface area (Å²) in [5.41, 5.74) is 1.80. The van der Waals surface area contributed by atoms with Crippen LogP contribution in [0.15, 0.2) is 64.9 Å². The molecule has 4 aromatic rings. The zero-order valence-electron chi connectivity index (χ0n) is 14.3. The van der Waals surface area contributed by atoms with E-state index >= 15 is 0 Å². The van der Waals surface area contributed by atoms with Crippen LogP contribution in [0.5, 0.6) is 0 Å². The molecule has 4 rings (SSSR count). The van der Waals surface area contributed by atoms with Crippen molar-refractivity contribution in [2.45, 2.75) is 17.0 Å². The van der Waals surface area contributed by atoms with Crippen LogP contribution < -0.4 is 5.32 Å². The molecule has 0 fully saturated rings. The first kappa shape index (κ1) is 16.8. The zero-order valence-corrected chi connectivity index (χ0v) is 15.9. The van der Waals surface area contributed by atoms with Gasteiger partial charge in [-0.1, -0.05) is 18.2 Å². The van der Waals surface area contributed by atoms with Gasteiger partial charge in [0.2, 0.25) is 0 Å². The first-order valence-corrected chi connectivity index (χ1v) is 9.66. The molecule has 2 heterocycles. The molecule has 0 atom stereocenters. The minimum atomic E-state index is -0.0718. The van der Waals surface area contributed by atoms with E-state index in [9.17, 15) is 4.79 Å². The summed E-state index contributed by atoms with van der Waals surface area (Å²) < 4.78 is 3.00. The second-order valence-electron chi connectivity index (χ2n) is 5.86. The molecule has 0 radical (unpaired) electrons. The molecule has 0 aliphatic carbocycles. The Labute approximate surface area is 159 Å². The summed E-state index contributed by atoms with van der Waals surface area (Å²) in [5.74, 6) is -0.0718. The smallest absolute Gasteiger partial charge is 0.266 e. The summed E-state index contributed by atoms with van der Waals surface area (Å²) in [5, 5.41) is 12.9. The van der Waals surface area contributed by atoms with Crippen molar-refractivity contribution in [2.75, 3.05) is 5.32 Å². The average molecular weight is 380 g/mol. The van der Waals surface area contributed by atoms with Crippen molar-refractivity contribution in [1.82, 2.24) is 14.8 Å². The summed E-state index contributed by atoms with van der Waals surface area (Å²) >= 11 is 3.05. The number of nitrogens with zero attached hydrogens (tertiary/aromatic N) is 3. The Kier molecular flexibility index (Phi) is 4.48. The molecule has 2 aromatic heterocycles. The van der Waals surface area contributed by atoms with Gasteiger partial charge in [0.25, 0.3) is 5.91 Å². The molecule has 7 heteroatoms. The number of carbonyl (C=O) groups excluding carboxylic acids is 1. The van der Waals surface area contributed by atoms with Gasteiger partial charge in [0.05, 0.1) is 4.88 Å². The molecule has 0 aliphatic heterocycles. The normalized spacial score (nSPS) is 11.0. The van der Waals surface area contributed by atoms with Gasteiger partial charge in [-0.2, -0.15) is 0 Å². The lowest BCUT2D eigenvalue weighted by Crippen LogP contribution is -2.11. The maximum atomic E-state index is 12.7. The summed E-state index contributed by atoms with van der Waals surface area (Å²) in [6, 6.07) is 15.8. The summed E-state index contributed by atoms with van der Waals surface area (Å²) in [4.78, 5) is 14.5. The van der Waals surface area contributed by atoms with Crippen LogP contribution in [0.4, 0.5) is 5.69 Å². The van der Waals surface area contributed by atoms with Crippen LogP contribution >= 0.6 is 23.1 Å². The molecule has 0 saturated carbocycles. The standard InChI is InChI=1S/C19H16N4OS2/c1-12-15-5-3-4-6-16(15)26-17(12)18(24)21-13-7-9-14(10-8-13)25-19-22-20-11-23(19)2/h3-11H,1-2H3,(H,21,24). The van der Waals surface area contributed by atoms with E-state index in [0.29, 0.717) is 0 Å². The summed E-state index contributed by atoms with van der Waals surface area (Å²) in [6.45, 7) is 1.99. The van der Waals surface area contributed by atoms with Crippen LogP contribution in [0.2, 0.25) is 0 Å². The fourth-order valence-corrected chi connectivity index (χ4v) is 4.52. The lowest BCUT2D eigenvalue weighted by atomic mass is 10.1. The fourth-order valence-electron chi connectivity index (χ4n) is 2.66. The number of thiophene rings is 1. The Bertz CT molecular complexity index is 1080. The van der Waals surface area contributed by atoms with Crippen LogP contribution in [0, 0.1) is 6.92 Å². The number of benzene rings is 2. The molecular formula is C19H16N4OS2. The first-order valence-electron chi connectivity index (χ1n) is 8.03. The van der Waals surface area contributed by atoms with E-state index in [1.165, 1.54) is 23.1 Å². The number of hydrogen-bond acceptors (Lipinski definition) is 5. The minimum absolute atomic E-state index is 0.0718. The first-order chi connectivity index (χ1) is 12.6. The Morgan fingerprint density at radius 3 is 2.62 bits per heavy atom. The number of anilines is 1. The second-order valence-corrected chi connectivity index (χ2v) is 7.95. The van der Waals surface area contributed by atoms with Gasteiger partial charge in [-0.3, -0.25) is 4.79 Å². The largest absolute Gasteiger partial charge is 0.321 e. The third-order valence-electron chi connectivity index (χ3n) is 4.04. The van der Waals surface area contributed by atoms with E-state index in [1.54, 1.807) is 6.33 Å². The van der Waals surface area contributed by atoms with Crippen LogP contribution in [0.3, 0.4) is 0 Å². The number of nitrogens with one attached hydrogen (secondary N) is 1. The van der Waals surface area contributed by atoms with Crippen molar-refractivity contribution in [3.05, 3.63) is 65.3 Å². The molecule has 26 heavy (non-hydrogen) atoms. The van der Waals surface area contributed by atoms with Gasteiger partial charge >= 0.3 is 0 Å². The summed E-state index contributed by atoms with van der Waals surface area (Å²) in [6.07, 6.45) is 1.67. The molecule has 1 amide bonds. The minimum Gasteiger partial charge on any atom is -0.321 e. The Morgan fingerprint density at radius 1 is 1.15 bits per heavy atom. The van der Waals surface area contributed by atoms with Crippen molar-refractivity contribution in [3.63, 3.8) is 0 Å². The third-order valence-corrected chi connectivity index (χ3v) is 6.37. The van der Waals surface area contributed by atoms with E-state index in [-0.39, 0.29) is 5.91 Å². The highest BCUT2D eigenvalue weighted by molar-refractivity contribution is 7.99. The summed E-state index contributed by atoms with van der Waals surface area (Å²) in [7, 11) is 1.91. The molecule has 1 N–H and O–H groups in total. The number of rotatable bonds is 4. The second kappa shape index (κ2) is 6.93.